The maximum absolute atomic E-state index is 5.60. The Bertz CT molecular complexity index is 345. The summed E-state index contributed by atoms with van der Waals surface area (Å²) >= 11 is 0. The van der Waals surface area contributed by atoms with Crippen LogP contribution in [-0.4, -0.2) is 23.8 Å². The number of hydrogen-bond donors (Lipinski definition) is 1. The first-order chi connectivity index (χ1) is 7.72. The second kappa shape index (κ2) is 4.51. The molecule has 0 spiro atoms. The van der Waals surface area contributed by atoms with Gasteiger partial charge in [0.1, 0.15) is 5.60 Å². The average molecular weight is 225 g/mol. The first kappa shape index (κ1) is 11.5. The van der Waals surface area contributed by atoms with Crippen LogP contribution in [0.4, 0.5) is 0 Å². The van der Waals surface area contributed by atoms with Crippen LogP contribution >= 0.6 is 0 Å². The fourth-order valence-corrected chi connectivity index (χ4v) is 2.19. The highest BCUT2D eigenvalue weighted by Gasteiger charge is 2.40. The third kappa shape index (κ3) is 1.85. The average Bonchev–Trinajstić information content (AvgIpc) is 2.96. The smallest absolute Gasteiger partial charge is 0.230 e. The molecule has 1 aromatic rings. The van der Waals surface area contributed by atoms with Gasteiger partial charge in [-0.25, -0.2) is 0 Å². The Balaban J connectivity index is 2.23. The van der Waals surface area contributed by atoms with Crippen molar-refractivity contribution in [2.75, 3.05) is 13.7 Å². The number of methoxy groups -OCH3 is 1. The Hall–Kier alpha value is -0.940. The van der Waals surface area contributed by atoms with E-state index in [0.29, 0.717) is 18.3 Å². The van der Waals surface area contributed by atoms with E-state index in [2.05, 4.69) is 10.1 Å². The van der Waals surface area contributed by atoms with Gasteiger partial charge in [0, 0.05) is 19.6 Å². The summed E-state index contributed by atoms with van der Waals surface area (Å²) in [6.45, 7) is 2.49. The summed E-state index contributed by atoms with van der Waals surface area (Å²) in [5.74, 6) is 1.40. The van der Waals surface area contributed by atoms with Gasteiger partial charge in [-0.1, -0.05) is 12.1 Å². The largest absolute Gasteiger partial charge is 0.370 e. The first-order valence-corrected chi connectivity index (χ1v) is 5.81. The molecule has 1 aliphatic carbocycles. The Morgan fingerprint density at radius 2 is 2.19 bits per heavy atom. The summed E-state index contributed by atoms with van der Waals surface area (Å²) in [5.41, 5.74) is 5.25. The van der Waals surface area contributed by atoms with Gasteiger partial charge in [-0.05, 0) is 25.7 Å². The number of hydrogen-bond acceptors (Lipinski definition) is 5. The van der Waals surface area contributed by atoms with Gasteiger partial charge in [0.2, 0.25) is 11.7 Å². The van der Waals surface area contributed by atoms with Crippen molar-refractivity contribution < 1.29 is 9.26 Å². The molecule has 1 heterocycles. The summed E-state index contributed by atoms with van der Waals surface area (Å²) in [7, 11) is 1.72. The van der Waals surface area contributed by atoms with Gasteiger partial charge >= 0.3 is 0 Å². The molecule has 1 aliphatic rings. The maximum atomic E-state index is 5.60. The van der Waals surface area contributed by atoms with Gasteiger partial charge in [0.15, 0.2) is 0 Å². The van der Waals surface area contributed by atoms with Crippen molar-refractivity contribution in [2.24, 2.45) is 5.73 Å². The van der Waals surface area contributed by atoms with Crippen LogP contribution < -0.4 is 5.73 Å². The number of ether oxygens (including phenoxy) is 1. The summed E-state index contributed by atoms with van der Waals surface area (Å²) in [6, 6.07) is 0. The van der Waals surface area contributed by atoms with Crippen molar-refractivity contribution in [1.29, 1.82) is 0 Å². The van der Waals surface area contributed by atoms with Crippen LogP contribution in [0.15, 0.2) is 4.52 Å². The molecule has 1 aromatic heterocycles. The van der Waals surface area contributed by atoms with Gasteiger partial charge in [-0.2, -0.15) is 4.98 Å². The fraction of sp³-hybridized carbons (Fsp3) is 0.818. The highest BCUT2D eigenvalue weighted by Crippen LogP contribution is 2.40. The van der Waals surface area contributed by atoms with Crippen molar-refractivity contribution >= 4 is 0 Å². The van der Waals surface area contributed by atoms with E-state index in [1.54, 1.807) is 7.11 Å². The molecule has 0 radical (unpaired) electrons. The normalized spacial score (nSPS) is 21.2. The minimum Gasteiger partial charge on any atom is -0.370 e. The van der Waals surface area contributed by atoms with Crippen LogP contribution in [-0.2, 0) is 10.3 Å². The number of aromatic nitrogens is 2. The van der Waals surface area contributed by atoms with Gasteiger partial charge in [0.25, 0.3) is 0 Å². The second-order valence-electron chi connectivity index (χ2n) is 4.50. The zero-order valence-electron chi connectivity index (χ0n) is 9.90. The molecule has 5 heteroatoms. The summed E-state index contributed by atoms with van der Waals surface area (Å²) < 4.78 is 10.8. The van der Waals surface area contributed by atoms with Crippen molar-refractivity contribution in [3.05, 3.63) is 11.7 Å². The molecule has 1 unspecified atom stereocenters. The van der Waals surface area contributed by atoms with Crippen molar-refractivity contribution in [3.63, 3.8) is 0 Å². The third-order valence-corrected chi connectivity index (χ3v) is 3.43. The summed E-state index contributed by atoms with van der Waals surface area (Å²) in [4.78, 5) is 4.42. The lowest BCUT2D eigenvalue weighted by atomic mass is 10.0. The fourth-order valence-electron chi connectivity index (χ4n) is 2.19. The molecule has 1 saturated carbocycles. The van der Waals surface area contributed by atoms with Crippen LogP contribution in [0, 0.1) is 0 Å². The third-order valence-electron chi connectivity index (χ3n) is 3.43. The van der Waals surface area contributed by atoms with E-state index in [9.17, 15) is 0 Å². The number of nitrogens with zero attached hydrogens (tertiary/aromatic N) is 2. The molecule has 16 heavy (non-hydrogen) atoms. The Kier molecular flexibility index (Phi) is 3.25. The Morgan fingerprint density at radius 1 is 1.50 bits per heavy atom. The molecule has 2 rings (SSSR count). The molecule has 0 aliphatic heterocycles. The Morgan fingerprint density at radius 3 is 2.75 bits per heavy atom. The molecular weight excluding hydrogens is 206 g/mol. The lowest BCUT2D eigenvalue weighted by Gasteiger charge is -2.22. The van der Waals surface area contributed by atoms with E-state index in [0.717, 1.165) is 25.7 Å². The Labute approximate surface area is 95.3 Å². The molecule has 1 atom stereocenters. The topological polar surface area (TPSA) is 74.2 Å². The van der Waals surface area contributed by atoms with E-state index >= 15 is 0 Å². The van der Waals surface area contributed by atoms with E-state index < -0.39 is 0 Å². The number of rotatable bonds is 4. The van der Waals surface area contributed by atoms with E-state index in [4.69, 9.17) is 15.0 Å². The quantitative estimate of drug-likeness (QED) is 0.841. The lowest BCUT2D eigenvalue weighted by molar-refractivity contribution is -0.0178. The minimum atomic E-state index is -0.323. The summed E-state index contributed by atoms with van der Waals surface area (Å²) in [6.07, 6.45) is 4.26. The van der Waals surface area contributed by atoms with Crippen LogP contribution in [0.5, 0.6) is 0 Å². The van der Waals surface area contributed by atoms with Gasteiger partial charge in [-0.15, -0.1) is 0 Å². The lowest BCUT2D eigenvalue weighted by Crippen LogP contribution is -2.26. The molecule has 0 bridgehead atoms. The SMILES string of the molecule is COC1(c2noc(C(C)CN)n2)CCCC1. The highest BCUT2D eigenvalue weighted by molar-refractivity contribution is 5.05. The molecule has 90 valence electrons. The van der Waals surface area contributed by atoms with Gasteiger partial charge in [0.05, 0.1) is 0 Å². The minimum absolute atomic E-state index is 0.108. The molecule has 0 aromatic carbocycles. The van der Waals surface area contributed by atoms with E-state index in [1.165, 1.54) is 0 Å². The zero-order valence-corrected chi connectivity index (χ0v) is 9.90. The van der Waals surface area contributed by atoms with Gasteiger partial charge < -0.3 is 15.0 Å². The molecule has 1 fully saturated rings. The van der Waals surface area contributed by atoms with E-state index in [1.807, 2.05) is 6.92 Å². The monoisotopic (exact) mass is 225 g/mol. The standard InChI is InChI=1S/C11H19N3O2/c1-8(7-12)9-13-10(14-16-9)11(15-2)5-3-4-6-11/h8H,3-7,12H2,1-2H3. The highest BCUT2D eigenvalue weighted by atomic mass is 16.5. The predicted molar refractivity (Wildman–Crippen MR) is 58.9 cm³/mol. The van der Waals surface area contributed by atoms with E-state index in [-0.39, 0.29) is 11.5 Å². The second-order valence-corrected chi connectivity index (χ2v) is 4.50. The number of nitrogens with two attached hydrogens (primary N) is 1. The molecule has 5 nitrogen and oxygen atoms in total. The predicted octanol–water partition coefficient (Wildman–Crippen LogP) is 1.55. The van der Waals surface area contributed by atoms with Crippen molar-refractivity contribution in [1.82, 2.24) is 10.1 Å². The van der Waals surface area contributed by atoms with Crippen molar-refractivity contribution in [2.45, 2.75) is 44.1 Å². The summed E-state index contributed by atoms with van der Waals surface area (Å²) in [5, 5.41) is 4.04. The molecule has 0 saturated heterocycles. The maximum Gasteiger partial charge on any atom is 0.230 e. The van der Waals surface area contributed by atoms with Gasteiger partial charge in [-0.3, -0.25) is 0 Å². The van der Waals surface area contributed by atoms with Crippen LogP contribution in [0.1, 0.15) is 50.2 Å². The molecular formula is C11H19N3O2. The first-order valence-electron chi connectivity index (χ1n) is 5.81. The van der Waals surface area contributed by atoms with Crippen LogP contribution in [0.2, 0.25) is 0 Å². The molecule has 0 amide bonds. The molecule has 2 N–H and O–H groups in total. The van der Waals surface area contributed by atoms with Crippen LogP contribution in [0.3, 0.4) is 0 Å². The zero-order chi connectivity index (χ0) is 11.6. The van der Waals surface area contributed by atoms with Crippen molar-refractivity contribution in [3.8, 4) is 0 Å². The van der Waals surface area contributed by atoms with Crippen LogP contribution in [0.25, 0.3) is 0 Å².